The summed E-state index contributed by atoms with van der Waals surface area (Å²) in [6.45, 7) is 3.27. The molecule has 284 valence electrons. The minimum Gasteiger partial charge on any atom is -0.481 e. The molecule has 0 bridgehead atoms. The molecule has 1 unspecified atom stereocenters. The Morgan fingerprint density at radius 2 is 1.77 bits per heavy atom. The Morgan fingerprint density at radius 3 is 2.47 bits per heavy atom. The number of hydrogen-bond acceptors (Lipinski definition) is 9. The van der Waals surface area contributed by atoms with Crippen LogP contribution in [0.3, 0.4) is 0 Å². The summed E-state index contributed by atoms with van der Waals surface area (Å²) in [5.74, 6) is -2.75. The van der Waals surface area contributed by atoms with E-state index in [-0.39, 0.29) is 49.1 Å². The molecule has 16 heteroatoms. The van der Waals surface area contributed by atoms with Crippen molar-refractivity contribution in [3.63, 3.8) is 0 Å². The van der Waals surface area contributed by atoms with Crippen molar-refractivity contribution in [1.29, 1.82) is 0 Å². The summed E-state index contributed by atoms with van der Waals surface area (Å²) >= 11 is 0. The number of benzene rings is 2. The Morgan fingerprint density at radius 1 is 1.06 bits per heavy atom. The van der Waals surface area contributed by atoms with Crippen LogP contribution in [0.4, 0.5) is 5.69 Å². The van der Waals surface area contributed by atoms with Crippen LogP contribution in [0.1, 0.15) is 75.1 Å². The monoisotopic (exact) mass is 733 g/mol. The Kier molecular flexibility index (Phi) is 12.1. The Labute approximate surface area is 305 Å². The fourth-order valence-electron chi connectivity index (χ4n) is 7.32. The SMILES string of the molecule is CC(=O)O.C[C@@H](OCCCc1ccc2c(c1)n(C)c(=O)n2C1CCC(=O)NC1=O)[C@H](CCC(N)=O)NC(=O)[C@@H]1Cc2cccc3c2N1C(=O)[C@@H](N)CC3. The van der Waals surface area contributed by atoms with Gasteiger partial charge in [0.15, 0.2) is 0 Å². The first-order valence-electron chi connectivity index (χ1n) is 17.8. The van der Waals surface area contributed by atoms with Gasteiger partial charge in [-0.25, -0.2) is 4.79 Å². The van der Waals surface area contributed by atoms with E-state index in [1.807, 2.05) is 43.3 Å². The molecule has 4 heterocycles. The Hall–Kier alpha value is -5.35. The number of para-hydroxylation sites is 1. The van der Waals surface area contributed by atoms with Gasteiger partial charge in [-0.15, -0.1) is 0 Å². The van der Waals surface area contributed by atoms with E-state index in [1.54, 1.807) is 11.9 Å². The van der Waals surface area contributed by atoms with Crippen LogP contribution in [0.25, 0.3) is 11.0 Å². The highest BCUT2D eigenvalue weighted by molar-refractivity contribution is 6.07. The predicted octanol–water partition coefficient (Wildman–Crippen LogP) is 0.728. The number of imide groups is 1. The van der Waals surface area contributed by atoms with Crippen LogP contribution < -0.4 is 32.7 Å². The number of aliphatic carboxylic acids is 1. The topological polar surface area (TPSA) is 238 Å². The largest absolute Gasteiger partial charge is 0.481 e. The van der Waals surface area contributed by atoms with Gasteiger partial charge in [-0.05, 0) is 74.3 Å². The lowest BCUT2D eigenvalue weighted by atomic mass is 10.0. The summed E-state index contributed by atoms with van der Waals surface area (Å²) < 4.78 is 9.12. The van der Waals surface area contributed by atoms with E-state index in [0.717, 1.165) is 29.3 Å². The molecule has 6 rings (SSSR count). The van der Waals surface area contributed by atoms with Crippen LogP contribution >= 0.6 is 0 Å². The smallest absolute Gasteiger partial charge is 0.329 e. The molecule has 5 atom stereocenters. The highest BCUT2D eigenvalue weighted by atomic mass is 16.5. The van der Waals surface area contributed by atoms with Crippen molar-refractivity contribution < 1.29 is 38.6 Å². The molecule has 53 heavy (non-hydrogen) atoms. The van der Waals surface area contributed by atoms with Gasteiger partial charge in [0.05, 0.1) is 34.9 Å². The second-order valence-corrected chi connectivity index (χ2v) is 13.8. The zero-order valence-electron chi connectivity index (χ0n) is 30.1. The van der Waals surface area contributed by atoms with Crippen LogP contribution in [-0.2, 0) is 59.8 Å². The van der Waals surface area contributed by atoms with Gasteiger partial charge in [0.2, 0.25) is 29.5 Å². The van der Waals surface area contributed by atoms with Gasteiger partial charge < -0.3 is 26.6 Å². The van der Waals surface area contributed by atoms with E-state index in [1.165, 1.54) is 9.13 Å². The average Bonchev–Trinajstić information content (AvgIpc) is 3.57. The van der Waals surface area contributed by atoms with Crippen molar-refractivity contribution >= 4 is 52.2 Å². The molecule has 1 aromatic heterocycles. The quantitative estimate of drug-likeness (QED) is 0.129. The number of carbonyl (C=O) groups excluding carboxylic acids is 5. The zero-order chi connectivity index (χ0) is 38.6. The summed E-state index contributed by atoms with van der Waals surface area (Å²) in [6.07, 6.45) is 3.12. The van der Waals surface area contributed by atoms with E-state index in [2.05, 4.69) is 10.6 Å². The van der Waals surface area contributed by atoms with Crippen LogP contribution in [0, 0.1) is 0 Å². The number of carboxylic acids is 1. The highest BCUT2D eigenvalue weighted by Crippen LogP contribution is 2.39. The van der Waals surface area contributed by atoms with Crippen LogP contribution in [-0.4, -0.2) is 80.6 Å². The molecule has 2 aromatic carbocycles. The molecule has 0 saturated carbocycles. The van der Waals surface area contributed by atoms with Gasteiger partial charge in [0, 0.05) is 39.8 Å². The lowest BCUT2D eigenvalue weighted by Crippen LogP contribution is -2.55. The second-order valence-electron chi connectivity index (χ2n) is 13.8. The lowest BCUT2D eigenvalue weighted by molar-refractivity contribution is -0.136. The van der Waals surface area contributed by atoms with E-state index in [0.29, 0.717) is 49.7 Å². The van der Waals surface area contributed by atoms with Gasteiger partial charge >= 0.3 is 5.69 Å². The van der Waals surface area contributed by atoms with Crippen molar-refractivity contribution in [1.82, 2.24) is 19.8 Å². The summed E-state index contributed by atoms with van der Waals surface area (Å²) in [4.78, 5) is 86.6. The van der Waals surface area contributed by atoms with E-state index < -0.39 is 48.1 Å². The highest BCUT2D eigenvalue weighted by Gasteiger charge is 2.43. The third-order valence-corrected chi connectivity index (χ3v) is 10.0. The van der Waals surface area contributed by atoms with Gasteiger partial charge in [-0.1, -0.05) is 24.3 Å². The van der Waals surface area contributed by atoms with E-state index in [4.69, 9.17) is 26.1 Å². The standard InChI is InChI=1S/C35H43N7O7.C2H4O2/c1-19(49-16-4-5-20-8-12-25-27(17-20)40(2)35(48)41(25)26-13-15-30(44)39-32(26)45)24(11-14-29(37)43)38-33(46)28-18-22-7-3-6-21-9-10-23(36)34(47)42(28)31(21)22;1-2(3)4/h3,6-8,12,17,19,23-24,26,28H,4-5,9-11,13-16,18,36H2,1-2H3,(H2,37,43)(H,38,46)(H,39,44,45);1H3,(H,3,4)/t19-,23+,24+,26?,28+;/m1./s1. The molecular formula is C37H47N7O9. The molecule has 16 nitrogen and oxygen atoms in total. The number of nitrogens with zero attached hydrogens (tertiary/aromatic N) is 3. The van der Waals surface area contributed by atoms with Gasteiger partial charge in [-0.3, -0.25) is 48.1 Å². The van der Waals surface area contributed by atoms with Crippen molar-refractivity contribution in [2.75, 3.05) is 11.5 Å². The molecule has 7 N–H and O–H groups in total. The predicted molar refractivity (Wildman–Crippen MR) is 194 cm³/mol. The van der Waals surface area contributed by atoms with Crippen molar-refractivity contribution in [2.45, 2.75) is 102 Å². The zero-order valence-corrected chi connectivity index (χ0v) is 30.1. The number of rotatable bonds is 12. The number of carboxylic acid groups (broad SMARTS) is 1. The minimum atomic E-state index is -0.833. The van der Waals surface area contributed by atoms with Crippen LogP contribution in [0.2, 0.25) is 0 Å². The number of aryl methyl sites for hydroxylation is 3. The number of piperidine rings is 1. The fourth-order valence-corrected chi connectivity index (χ4v) is 7.32. The van der Waals surface area contributed by atoms with Gasteiger partial charge in [0.25, 0.3) is 5.97 Å². The molecule has 3 aliphatic rings. The number of ether oxygens (including phenoxy) is 1. The van der Waals surface area contributed by atoms with Crippen molar-refractivity contribution in [3.05, 3.63) is 63.6 Å². The number of nitrogens with two attached hydrogens (primary N) is 2. The maximum absolute atomic E-state index is 13.8. The lowest BCUT2D eigenvalue weighted by Gasteiger charge is -2.30. The molecule has 5 amide bonds. The maximum atomic E-state index is 13.8. The summed E-state index contributed by atoms with van der Waals surface area (Å²) in [5, 5.41) is 12.8. The van der Waals surface area contributed by atoms with Gasteiger partial charge in [0.1, 0.15) is 12.1 Å². The molecule has 0 spiro atoms. The summed E-state index contributed by atoms with van der Waals surface area (Å²) in [6, 6.07) is 8.76. The number of carbonyl (C=O) groups is 6. The third-order valence-electron chi connectivity index (χ3n) is 10.0. The third kappa shape index (κ3) is 8.66. The average molecular weight is 734 g/mol. The normalized spacial score (nSPS) is 20.5. The molecule has 1 fully saturated rings. The number of amides is 5. The first-order valence-corrected chi connectivity index (χ1v) is 17.8. The number of imidazole rings is 1. The Bertz CT molecular complexity index is 1980. The second kappa shape index (κ2) is 16.5. The molecule has 0 radical (unpaired) electrons. The number of nitrogens with one attached hydrogen (secondary N) is 2. The molecule has 3 aliphatic heterocycles. The Balaban J connectivity index is 0.00000129. The number of primary amides is 1. The maximum Gasteiger partial charge on any atom is 0.329 e. The number of aromatic nitrogens is 2. The first kappa shape index (κ1) is 38.9. The number of fused-ring (bicyclic) bond motifs is 1. The van der Waals surface area contributed by atoms with E-state index >= 15 is 0 Å². The summed E-state index contributed by atoms with van der Waals surface area (Å²) in [5.41, 5.74) is 16.3. The fraction of sp³-hybridized carbons (Fsp3) is 0.486. The molecule has 1 saturated heterocycles. The van der Waals surface area contributed by atoms with E-state index in [9.17, 15) is 28.8 Å². The van der Waals surface area contributed by atoms with Gasteiger partial charge in [-0.2, -0.15) is 0 Å². The first-order chi connectivity index (χ1) is 25.2. The molecular weight excluding hydrogens is 686 g/mol. The van der Waals surface area contributed by atoms with Crippen molar-refractivity contribution in [3.8, 4) is 0 Å². The van der Waals surface area contributed by atoms with Crippen LogP contribution in [0.5, 0.6) is 0 Å². The van der Waals surface area contributed by atoms with Crippen molar-refractivity contribution in [2.24, 2.45) is 18.5 Å². The molecule has 0 aliphatic carbocycles. The number of anilines is 1. The minimum absolute atomic E-state index is 0.0540. The van der Waals surface area contributed by atoms with Crippen LogP contribution in [0.15, 0.2) is 41.2 Å². The summed E-state index contributed by atoms with van der Waals surface area (Å²) in [7, 11) is 1.66. The molecule has 3 aromatic rings. The number of hydrogen-bond donors (Lipinski definition) is 5.